The summed E-state index contributed by atoms with van der Waals surface area (Å²) in [7, 11) is 1.62. The van der Waals surface area contributed by atoms with Crippen LogP contribution in [0.25, 0.3) is 0 Å². The van der Waals surface area contributed by atoms with Crippen molar-refractivity contribution >= 4 is 17.5 Å². The molecule has 0 radical (unpaired) electrons. The first-order valence-corrected chi connectivity index (χ1v) is 7.94. The Morgan fingerprint density at radius 2 is 1.83 bits per heavy atom. The van der Waals surface area contributed by atoms with Crippen LogP contribution in [0.15, 0.2) is 42.7 Å². The van der Waals surface area contributed by atoms with Crippen LogP contribution < -0.4 is 15.0 Å². The number of methoxy groups -OCH3 is 1. The number of hydrogen-bond donors (Lipinski definition) is 1. The fourth-order valence-corrected chi connectivity index (χ4v) is 2.68. The highest BCUT2D eigenvalue weighted by Gasteiger charge is 2.22. The average Bonchev–Trinajstić information content (AvgIpc) is 2.67. The third-order valence-corrected chi connectivity index (χ3v) is 4.00. The van der Waals surface area contributed by atoms with Gasteiger partial charge in [0.15, 0.2) is 0 Å². The Bertz CT molecular complexity index is 672. The number of nitrogens with zero attached hydrogens (tertiary/aromatic N) is 4. The second-order valence-electron chi connectivity index (χ2n) is 5.47. The Kier molecular flexibility index (Phi) is 5.10. The van der Waals surface area contributed by atoms with Crippen LogP contribution in [0.1, 0.15) is 0 Å². The number of para-hydroxylation sites is 2. The standard InChI is InChI=1S/C17H21N5O2/c1-24-15-6-3-2-5-14(15)20-13-16(23)21-9-11-22(12-10-21)17-18-7-4-8-19-17/h2-8,20H,9-13H2,1H3. The molecule has 126 valence electrons. The van der Waals surface area contributed by atoms with Gasteiger partial charge in [-0.15, -0.1) is 0 Å². The van der Waals surface area contributed by atoms with E-state index in [1.807, 2.05) is 29.2 Å². The molecule has 3 rings (SSSR count). The number of nitrogens with one attached hydrogen (secondary N) is 1. The van der Waals surface area contributed by atoms with Crippen LogP contribution in [-0.4, -0.2) is 60.6 Å². The summed E-state index contributed by atoms with van der Waals surface area (Å²) in [5.74, 6) is 1.53. The fourth-order valence-electron chi connectivity index (χ4n) is 2.68. The molecule has 1 N–H and O–H groups in total. The molecule has 0 spiro atoms. The lowest BCUT2D eigenvalue weighted by molar-refractivity contribution is -0.129. The van der Waals surface area contributed by atoms with Crippen LogP contribution in [0.5, 0.6) is 5.75 Å². The van der Waals surface area contributed by atoms with Crippen molar-refractivity contribution in [2.24, 2.45) is 0 Å². The monoisotopic (exact) mass is 327 g/mol. The molecule has 2 aromatic rings. The van der Waals surface area contributed by atoms with Gasteiger partial charge in [-0.05, 0) is 18.2 Å². The summed E-state index contributed by atoms with van der Waals surface area (Å²) in [5, 5.41) is 3.15. The lowest BCUT2D eigenvalue weighted by Gasteiger charge is -2.34. The third kappa shape index (κ3) is 3.73. The van der Waals surface area contributed by atoms with Crippen LogP contribution in [0.3, 0.4) is 0 Å². The van der Waals surface area contributed by atoms with Crippen molar-refractivity contribution < 1.29 is 9.53 Å². The smallest absolute Gasteiger partial charge is 0.241 e. The number of carbonyl (C=O) groups is 1. The second kappa shape index (κ2) is 7.63. The second-order valence-corrected chi connectivity index (χ2v) is 5.47. The first kappa shape index (κ1) is 16.0. The minimum Gasteiger partial charge on any atom is -0.495 e. The molecule has 0 atom stereocenters. The van der Waals surface area contributed by atoms with E-state index in [-0.39, 0.29) is 12.5 Å². The summed E-state index contributed by atoms with van der Waals surface area (Å²) in [6.07, 6.45) is 3.47. The first-order chi connectivity index (χ1) is 11.8. The van der Waals surface area contributed by atoms with Crippen molar-refractivity contribution in [2.45, 2.75) is 0 Å². The Morgan fingerprint density at radius 3 is 2.54 bits per heavy atom. The van der Waals surface area contributed by atoms with Gasteiger partial charge in [0.2, 0.25) is 11.9 Å². The molecule has 1 fully saturated rings. The van der Waals surface area contributed by atoms with Crippen molar-refractivity contribution in [3.8, 4) is 5.75 Å². The molecule has 2 heterocycles. The quantitative estimate of drug-likeness (QED) is 0.891. The van der Waals surface area contributed by atoms with Crippen molar-refractivity contribution in [3.05, 3.63) is 42.7 Å². The molecule has 1 saturated heterocycles. The van der Waals surface area contributed by atoms with Gasteiger partial charge in [-0.1, -0.05) is 12.1 Å². The molecule has 1 aromatic heterocycles. The zero-order chi connectivity index (χ0) is 16.8. The van der Waals surface area contributed by atoms with Crippen molar-refractivity contribution in [1.29, 1.82) is 0 Å². The number of rotatable bonds is 5. The molecule has 24 heavy (non-hydrogen) atoms. The molecule has 0 saturated carbocycles. The molecular formula is C17H21N5O2. The third-order valence-electron chi connectivity index (χ3n) is 4.00. The maximum Gasteiger partial charge on any atom is 0.241 e. The Hall–Kier alpha value is -2.83. The van der Waals surface area contributed by atoms with Crippen LogP contribution in [0, 0.1) is 0 Å². The van der Waals surface area contributed by atoms with E-state index in [1.54, 1.807) is 25.6 Å². The number of benzene rings is 1. The number of carbonyl (C=O) groups excluding carboxylic acids is 1. The zero-order valence-electron chi connectivity index (χ0n) is 13.7. The predicted molar refractivity (Wildman–Crippen MR) is 92.3 cm³/mol. The Morgan fingerprint density at radius 1 is 1.12 bits per heavy atom. The Labute approximate surface area is 141 Å². The van der Waals surface area contributed by atoms with Gasteiger partial charge in [0.1, 0.15) is 5.75 Å². The van der Waals surface area contributed by atoms with E-state index in [9.17, 15) is 4.79 Å². The normalized spacial score (nSPS) is 14.4. The van der Waals surface area contributed by atoms with Crippen LogP contribution in [0.4, 0.5) is 11.6 Å². The zero-order valence-corrected chi connectivity index (χ0v) is 13.7. The van der Waals surface area contributed by atoms with Gasteiger partial charge in [-0.3, -0.25) is 4.79 Å². The first-order valence-electron chi connectivity index (χ1n) is 7.94. The van der Waals surface area contributed by atoms with Gasteiger partial charge in [0.05, 0.1) is 19.3 Å². The number of hydrogen-bond acceptors (Lipinski definition) is 6. The average molecular weight is 327 g/mol. The molecule has 0 aliphatic carbocycles. The van der Waals surface area contributed by atoms with Gasteiger partial charge in [-0.2, -0.15) is 0 Å². The van der Waals surface area contributed by atoms with Gasteiger partial charge in [-0.25, -0.2) is 9.97 Å². The van der Waals surface area contributed by atoms with Crippen molar-refractivity contribution in [2.75, 3.05) is 50.1 Å². The van der Waals surface area contributed by atoms with E-state index in [1.165, 1.54) is 0 Å². The van der Waals surface area contributed by atoms with E-state index in [2.05, 4.69) is 20.2 Å². The predicted octanol–water partition coefficient (Wildman–Crippen LogP) is 1.25. The van der Waals surface area contributed by atoms with Gasteiger partial charge < -0.3 is 19.9 Å². The SMILES string of the molecule is COc1ccccc1NCC(=O)N1CCN(c2ncccn2)CC1. The van der Waals surface area contributed by atoms with E-state index in [0.717, 1.165) is 30.5 Å². The summed E-state index contributed by atoms with van der Waals surface area (Å²) in [6, 6.07) is 9.37. The van der Waals surface area contributed by atoms with Crippen molar-refractivity contribution in [3.63, 3.8) is 0 Å². The van der Waals surface area contributed by atoms with Crippen molar-refractivity contribution in [1.82, 2.24) is 14.9 Å². The Balaban J connectivity index is 1.50. The number of aromatic nitrogens is 2. The summed E-state index contributed by atoms with van der Waals surface area (Å²) in [4.78, 5) is 24.8. The van der Waals surface area contributed by atoms with E-state index >= 15 is 0 Å². The summed E-state index contributed by atoms with van der Waals surface area (Å²) >= 11 is 0. The lowest BCUT2D eigenvalue weighted by atomic mass is 10.3. The number of piperazine rings is 1. The molecule has 1 amide bonds. The largest absolute Gasteiger partial charge is 0.495 e. The molecule has 1 aliphatic heterocycles. The van der Waals surface area contributed by atoms with Gasteiger partial charge in [0, 0.05) is 38.6 Å². The van der Waals surface area contributed by atoms with Gasteiger partial charge in [0.25, 0.3) is 0 Å². The molecule has 7 heteroatoms. The molecule has 0 bridgehead atoms. The summed E-state index contributed by atoms with van der Waals surface area (Å²) in [5.41, 5.74) is 0.824. The van der Waals surface area contributed by atoms with E-state index < -0.39 is 0 Å². The fraction of sp³-hybridized carbons (Fsp3) is 0.353. The summed E-state index contributed by atoms with van der Waals surface area (Å²) in [6.45, 7) is 3.08. The molecule has 7 nitrogen and oxygen atoms in total. The van der Waals surface area contributed by atoms with Crippen LogP contribution in [0.2, 0.25) is 0 Å². The maximum absolute atomic E-state index is 12.4. The van der Waals surface area contributed by atoms with Gasteiger partial charge >= 0.3 is 0 Å². The van der Waals surface area contributed by atoms with E-state index in [4.69, 9.17) is 4.74 Å². The lowest BCUT2D eigenvalue weighted by Crippen LogP contribution is -2.50. The topological polar surface area (TPSA) is 70.6 Å². The minimum absolute atomic E-state index is 0.0783. The molecule has 1 aromatic carbocycles. The number of anilines is 2. The highest BCUT2D eigenvalue weighted by Crippen LogP contribution is 2.22. The van der Waals surface area contributed by atoms with E-state index in [0.29, 0.717) is 13.1 Å². The number of amides is 1. The molecule has 0 unspecified atom stereocenters. The van der Waals surface area contributed by atoms with Crippen LogP contribution in [-0.2, 0) is 4.79 Å². The summed E-state index contributed by atoms with van der Waals surface area (Å²) < 4.78 is 5.28. The maximum atomic E-state index is 12.4. The molecule has 1 aliphatic rings. The highest BCUT2D eigenvalue weighted by molar-refractivity contribution is 5.81. The molecular weight excluding hydrogens is 306 g/mol. The number of ether oxygens (including phenoxy) is 1. The van der Waals surface area contributed by atoms with Crippen LogP contribution >= 0.6 is 0 Å². The highest BCUT2D eigenvalue weighted by atomic mass is 16.5. The minimum atomic E-state index is 0.0783.